The maximum atomic E-state index is 13.7. The molecule has 0 radical (unpaired) electrons. The molecule has 4 heterocycles. The Morgan fingerprint density at radius 2 is 2.04 bits per heavy atom. The number of aromatic amines is 1. The number of hydrogen-bond donors (Lipinski definition) is 1. The topological polar surface area (TPSA) is 95.3 Å². The Bertz CT molecular complexity index is 894. The van der Waals surface area contributed by atoms with Crippen molar-refractivity contribution in [1.82, 2.24) is 20.0 Å². The summed E-state index contributed by atoms with van der Waals surface area (Å²) in [6.07, 6.45) is 0.364. The highest BCUT2D eigenvalue weighted by Gasteiger charge is 2.43. The fraction of sp³-hybridized carbons (Fsp3) is 0.529. The molecule has 0 bridgehead atoms. The number of likely N-dealkylation sites (tertiary alicyclic amines) is 1. The van der Waals surface area contributed by atoms with E-state index in [9.17, 15) is 14.0 Å². The van der Waals surface area contributed by atoms with E-state index in [-0.39, 0.29) is 23.4 Å². The second kappa shape index (κ2) is 6.22. The van der Waals surface area contributed by atoms with Gasteiger partial charge in [0.2, 0.25) is 11.8 Å². The first kappa shape index (κ1) is 16.7. The van der Waals surface area contributed by atoms with Crippen molar-refractivity contribution in [1.29, 1.82) is 0 Å². The molecule has 1 amide bonds. The summed E-state index contributed by atoms with van der Waals surface area (Å²) in [5, 5.41) is 3.79. The summed E-state index contributed by atoms with van der Waals surface area (Å²) < 4.78 is 18.7. The van der Waals surface area contributed by atoms with Crippen LogP contribution in [0.3, 0.4) is 0 Å². The summed E-state index contributed by atoms with van der Waals surface area (Å²) in [7, 11) is 0. The van der Waals surface area contributed by atoms with Gasteiger partial charge in [-0.15, -0.1) is 0 Å². The molecule has 0 spiro atoms. The molecule has 2 atom stereocenters. The largest absolute Gasteiger partial charge is 0.361 e. The van der Waals surface area contributed by atoms with E-state index in [2.05, 4.69) is 15.1 Å². The van der Waals surface area contributed by atoms with Crippen LogP contribution in [0.4, 0.5) is 10.3 Å². The number of fused-ring (bicyclic) bond motifs is 1. The zero-order chi connectivity index (χ0) is 18.4. The van der Waals surface area contributed by atoms with E-state index in [1.807, 2.05) is 4.90 Å². The van der Waals surface area contributed by atoms with Gasteiger partial charge in [-0.05, 0) is 13.3 Å². The van der Waals surface area contributed by atoms with Crippen LogP contribution in [0.5, 0.6) is 0 Å². The first-order valence-corrected chi connectivity index (χ1v) is 8.72. The number of hydrogen-bond acceptors (Lipinski definition) is 6. The first-order chi connectivity index (χ1) is 12.5. The highest BCUT2D eigenvalue weighted by Crippen LogP contribution is 2.33. The third kappa shape index (κ3) is 2.77. The van der Waals surface area contributed by atoms with E-state index < -0.39 is 11.4 Å². The minimum absolute atomic E-state index is 0.121. The fourth-order valence-corrected chi connectivity index (χ4v) is 3.84. The summed E-state index contributed by atoms with van der Waals surface area (Å²) in [5.74, 6) is 0.657. The number of amides is 1. The molecule has 2 aliphatic heterocycles. The number of carbonyl (C=O) groups excluding carboxylic acids is 1. The molecule has 2 aromatic rings. The Kier molecular flexibility index (Phi) is 4.01. The molecule has 2 fully saturated rings. The van der Waals surface area contributed by atoms with Gasteiger partial charge in [-0.3, -0.25) is 14.6 Å². The van der Waals surface area contributed by atoms with E-state index in [1.165, 1.54) is 0 Å². The molecule has 9 heteroatoms. The van der Waals surface area contributed by atoms with Gasteiger partial charge in [0.15, 0.2) is 5.69 Å². The Morgan fingerprint density at radius 1 is 1.35 bits per heavy atom. The van der Waals surface area contributed by atoms with Crippen molar-refractivity contribution in [3.63, 3.8) is 0 Å². The molecule has 2 saturated heterocycles. The van der Waals surface area contributed by atoms with Gasteiger partial charge in [-0.1, -0.05) is 12.1 Å². The molecule has 0 aromatic carbocycles. The molecule has 2 aliphatic rings. The van der Waals surface area contributed by atoms with Crippen molar-refractivity contribution in [3.8, 4) is 0 Å². The molecule has 1 N–H and O–H groups in total. The molecule has 2 aromatic heterocycles. The second-order valence-corrected chi connectivity index (χ2v) is 6.96. The van der Waals surface area contributed by atoms with Crippen molar-refractivity contribution < 1.29 is 13.7 Å². The average Bonchev–Trinajstić information content (AvgIpc) is 3.30. The van der Waals surface area contributed by atoms with Crippen LogP contribution < -0.4 is 10.5 Å². The second-order valence-electron chi connectivity index (χ2n) is 6.96. The normalized spacial score (nSPS) is 22.1. The zero-order valence-electron chi connectivity index (χ0n) is 14.7. The predicted octanol–water partition coefficient (Wildman–Crippen LogP) is 0.976. The predicted molar refractivity (Wildman–Crippen MR) is 90.5 cm³/mol. The zero-order valence-corrected chi connectivity index (χ0v) is 14.7. The number of anilines is 1. The number of rotatable bonds is 3. The van der Waals surface area contributed by atoms with Crippen molar-refractivity contribution in [2.75, 3.05) is 31.1 Å². The molecule has 8 nitrogen and oxygen atoms in total. The van der Waals surface area contributed by atoms with Crippen LogP contribution in [0.1, 0.15) is 28.9 Å². The van der Waals surface area contributed by atoms with Crippen molar-refractivity contribution in [2.24, 2.45) is 11.8 Å². The number of aromatic nitrogens is 3. The smallest absolute Gasteiger partial charge is 0.288 e. The molecule has 0 aliphatic carbocycles. The number of nitrogens with zero attached hydrogens (tertiary/aromatic N) is 4. The number of H-pyrrole nitrogens is 1. The minimum Gasteiger partial charge on any atom is -0.361 e. The molecule has 26 heavy (non-hydrogen) atoms. The molecular weight excluding hydrogens is 341 g/mol. The van der Waals surface area contributed by atoms with Crippen LogP contribution in [0, 0.1) is 24.6 Å². The lowest BCUT2D eigenvalue weighted by molar-refractivity contribution is 0.0772. The van der Waals surface area contributed by atoms with Gasteiger partial charge in [0.25, 0.3) is 11.5 Å². The third-order valence-electron chi connectivity index (χ3n) is 5.17. The Morgan fingerprint density at radius 3 is 2.62 bits per heavy atom. The SMILES string of the molecule is CCc1nc(N2CC3CN(C(=O)c4cc(C)on4)CC3C2)[nH]c(=O)c1F. The molecule has 4 rings (SSSR count). The van der Waals surface area contributed by atoms with E-state index >= 15 is 0 Å². The summed E-state index contributed by atoms with van der Waals surface area (Å²) in [6, 6.07) is 1.64. The van der Waals surface area contributed by atoms with Gasteiger partial charge >= 0.3 is 0 Å². The average molecular weight is 361 g/mol. The van der Waals surface area contributed by atoms with Crippen molar-refractivity contribution in [2.45, 2.75) is 20.3 Å². The van der Waals surface area contributed by atoms with Gasteiger partial charge in [0.1, 0.15) is 5.76 Å². The fourth-order valence-electron chi connectivity index (χ4n) is 3.84. The van der Waals surface area contributed by atoms with Gasteiger partial charge in [0.05, 0.1) is 5.69 Å². The lowest BCUT2D eigenvalue weighted by atomic mass is 10.0. The van der Waals surface area contributed by atoms with Crippen LogP contribution in [0.2, 0.25) is 0 Å². The van der Waals surface area contributed by atoms with Crippen LogP contribution in [0.15, 0.2) is 15.4 Å². The molecule has 2 unspecified atom stereocenters. The van der Waals surface area contributed by atoms with E-state index in [0.29, 0.717) is 50.0 Å². The Hall–Kier alpha value is -2.71. The van der Waals surface area contributed by atoms with Crippen LogP contribution in [-0.4, -0.2) is 52.1 Å². The quantitative estimate of drug-likeness (QED) is 0.876. The molecule has 0 saturated carbocycles. The monoisotopic (exact) mass is 361 g/mol. The van der Waals surface area contributed by atoms with Gasteiger partial charge in [-0.25, -0.2) is 4.98 Å². The summed E-state index contributed by atoms with van der Waals surface area (Å²) in [4.78, 5) is 34.8. The summed E-state index contributed by atoms with van der Waals surface area (Å²) in [5.41, 5.74) is -0.224. The van der Waals surface area contributed by atoms with E-state index in [4.69, 9.17) is 4.52 Å². The number of aryl methyl sites for hydroxylation is 2. The van der Waals surface area contributed by atoms with Crippen LogP contribution in [-0.2, 0) is 6.42 Å². The standard InChI is InChI=1S/C17H20FN5O3/c1-3-12-14(18)15(24)20-17(19-12)23-7-10-5-22(6-11(10)8-23)16(25)13-4-9(2)26-21-13/h4,10-11H,3,5-8H2,1-2H3,(H,19,20,24). The first-order valence-electron chi connectivity index (χ1n) is 8.72. The molecule has 138 valence electrons. The minimum atomic E-state index is -0.810. The van der Waals surface area contributed by atoms with Gasteiger partial charge in [-0.2, -0.15) is 4.39 Å². The number of halogens is 1. The molecular formula is C17H20FN5O3. The maximum Gasteiger partial charge on any atom is 0.288 e. The van der Waals surface area contributed by atoms with Crippen LogP contribution >= 0.6 is 0 Å². The van der Waals surface area contributed by atoms with Gasteiger partial charge in [0, 0.05) is 44.1 Å². The van der Waals surface area contributed by atoms with Crippen molar-refractivity contribution >= 4 is 11.9 Å². The third-order valence-corrected chi connectivity index (χ3v) is 5.17. The van der Waals surface area contributed by atoms with E-state index in [0.717, 1.165) is 0 Å². The van der Waals surface area contributed by atoms with Crippen LogP contribution in [0.25, 0.3) is 0 Å². The summed E-state index contributed by atoms with van der Waals surface area (Å²) in [6.45, 7) is 6.10. The van der Waals surface area contributed by atoms with Gasteiger partial charge < -0.3 is 14.3 Å². The van der Waals surface area contributed by atoms with Crippen molar-refractivity contribution in [3.05, 3.63) is 39.4 Å². The summed E-state index contributed by atoms with van der Waals surface area (Å²) >= 11 is 0. The highest BCUT2D eigenvalue weighted by atomic mass is 19.1. The Labute approximate surface area is 149 Å². The Balaban J connectivity index is 1.46. The maximum absolute atomic E-state index is 13.7. The van der Waals surface area contributed by atoms with E-state index in [1.54, 1.807) is 24.8 Å². The number of carbonyl (C=O) groups is 1. The lowest BCUT2D eigenvalue weighted by Gasteiger charge is -2.21. The lowest BCUT2D eigenvalue weighted by Crippen LogP contribution is -2.34. The highest BCUT2D eigenvalue weighted by molar-refractivity contribution is 5.92. The number of nitrogens with one attached hydrogen (secondary N) is 1.